The van der Waals surface area contributed by atoms with Gasteiger partial charge in [0.05, 0.1) is 17.0 Å². The number of nitrogens with one attached hydrogen (secondary N) is 2. The van der Waals surface area contributed by atoms with Gasteiger partial charge in [0.25, 0.3) is 0 Å². The Morgan fingerprint density at radius 2 is 1.76 bits per heavy atom. The van der Waals surface area contributed by atoms with Crippen molar-refractivity contribution >= 4 is 16.9 Å². The van der Waals surface area contributed by atoms with Crippen LogP contribution in [0, 0.1) is 0 Å². The van der Waals surface area contributed by atoms with Crippen LogP contribution in [-0.4, -0.2) is 21.0 Å². The Hall–Kier alpha value is -2.70. The van der Waals surface area contributed by atoms with E-state index in [1.54, 1.807) is 12.1 Å². The van der Waals surface area contributed by atoms with Crippen molar-refractivity contribution < 1.29 is 23.1 Å². The molecule has 1 aromatic carbocycles. The SMILES string of the molecule is O=C(O)c1ccc(-c2cc3cc(C(F)(F)F)ccc3[nH]2)[nH]1. The van der Waals surface area contributed by atoms with Crippen LogP contribution in [0.15, 0.2) is 36.4 Å². The molecule has 0 atom stereocenters. The highest BCUT2D eigenvalue weighted by Crippen LogP contribution is 2.32. The van der Waals surface area contributed by atoms with Gasteiger partial charge in [0, 0.05) is 10.9 Å². The van der Waals surface area contributed by atoms with Gasteiger partial charge < -0.3 is 15.1 Å². The third-order valence-electron chi connectivity index (χ3n) is 3.15. The van der Waals surface area contributed by atoms with Crippen LogP contribution < -0.4 is 0 Å². The van der Waals surface area contributed by atoms with Crippen molar-refractivity contribution in [2.45, 2.75) is 6.18 Å². The van der Waals surface area contributed by atoms with Crippen molar-refractivity contribution in [1.29, 1.82) is 0 Å². The van der Waals surface area contributed by atoms with Gasteiger partial charge >= 0.3 is 12.1 Å². The molecule has 0 amide bonds. The zero-order chi connectivity index (χ0) is 15.2. The minimum atomic E-state index is -4.39. The van der Waals surface area contributed by atoms with E-state index >= 15 is 0 Å². The first-order chi connectivity index (χ1) is 9.84. The highest BCUT2D eigenvalue weighted by Gasteiger charge is 2.30. The van der Waals surface area contributed by atoms with Gasteiger partial charge in [0.2, 0.25) is 0 Å². The molecule has 7 heteroatoms. The topological polar surface area (TPSA) is 68.9 Å². The van der Waals surface area contributed by atoms with E-state index in [1.807, 2.05) is 0 Å². The molecule has 0 unspecified atom stereocenters. The molecule has 0 fully saturated rings. The van der Waals surface area contributed by atoms with Gasteiger partial charge in [-0.1, -0.05) is 0 Å². The lowest BCUT2D eigenvalue weighted by molar-refractivity contribution is -0.137. The molecule has 3 rings (SSSR count). The van der Waals surface area contributed by atoms with E-state index < -0.39 is 17.7 Å². The van der Waals surface area contributed by atoms with E-state index in [9.17, 15) is 18.0 Å². The lowest BCUT2D eigenvalue weighted by atomic mass is 10.1. The van der Waals surface area contributed by atoms with Gasteiger partial charge in [0.15, 0.2) is 0 Å². The third-order valence-corrected chi connectivity index (χ3v) is 3.15. The maximum atomic E-state index is 12.7. The molecule has 0 spiro atoms. The predicted molar refractivity (Wildman–Crippen MR) is 70.0 cm³/mol. The summed E-state index contributed by atoms with van der Waals surface area (Å²) in [6.07, 6.45) is -4.39. The van der Waals surface area contributed by atoms with Crippen LogP contribution in [0.5, 0.6) is 0 Å². The summed E-state index contributed by atoms with van der Waals surface area (Å²) in [5.41, 5.74) is 0.858. The number of fused-ring (bicyclic) bond motifs is 1. The van der Waals surface area contributed by atoms with E-state index in [0.717, 1.165) is 12.1 Å². The molecule has 3 N–H and O–H groups in total. The molecule has 0 saturated carbocycles. The first-order valence-electron chi connectivity index (χ1n) is 5.97. The Morgan fingerprint density at radius 1 is 1.00 bits per heavy atom. The highest BCUT2D eigenvalue weighted by molar-refractivity contribution is 5.89. The van der Waals surface area contributed by atoms with Crippen LogP contribution in [0.3, 0.4) is 0 Å². The number of H-pyrrole nitrogens is 2. The quantitative estimate of drug-likeness (QED) is 0.671. The Kier molecular flexibility index (Phi) is 2.79. The summed E-state index contributed by atoms with van der Waals surface area (Å²) < 4.78 is 38.0. The van der Waals surface area contributed by atoms with Crippen LogP contribution in [0.25, 0.3) is 22.3 Å². The third kappa shape index (κ3) is 2.37. The monoisotopic (exact) mass is 294 g/mol. The summed E-state index contributed by atoms with van der Waals surface area (Å²) in [6.45, 7) is 0. The average Bonchev–Trinajstić information content (AvgIpc) is 3.03. The number of benzene rings is 1. The number of hydrogen-bond acceptors (Lipinski definition) is 1. The van der Waals surface area contributed by atoms with E-state index in [1.165, 1.54) is 12.1 Å². The van der Waals surface area contributed by atoms with Gasteiger partial charge in [-0.25, -0.2) is 4.79 Å². The van der Waals surface area contributed by atoms with E-state index in [4.69, 9.17) is 5.11 Å². The maximum Gasteiger partial charge on any atom is 0.416 e. The second-order valence-corrected chi connectivity index (χ2v) is 4.57. The fraction of sp³-hybridized carbons (Fsp3) is 0.0714. The molecule has 0 aliphatic heterocycles. The summed E-state index contributed by atoms with van der Waals surface area (Å²) in [5, 5.41) is 9.25. The molecular formula is C14H9F3N2O2. The second-order valence-electron chi connectivity index (χ2n) is 4.57. The van der Waals surface area contributed by atoms with Crippen molar-refractivity contribution in [2.75, 3.05) is 0 Å². The van der Waals surface area contributed by atoms with E-state index in [2.05, 4.69) is 9.97 Å². The number of aromatic amines is 2. The Labute approximate surface area is 116 Å². The molecule has 0 radical (unpaired) electrons. The summed E-state index contributed by atoms with van der Waals surface area (Å²) in [4.78, 5) is 16.4. The zero-order valence-electron chi connectivity index (χ0n) is 10.5. The minimum Gasteiger partial charge on any atom is -0.477 e. The zero-order valence-corrected chi connectivity index (χ0v) is 10.5. The number of carboxylic acids is 1. The number of hydrogen-bond donors (Lipinski definition) is 3. The summed E-state index contributed by atoms with van der Waals surface area (Å²) in [6, 6.07) is 7.89. The number of halogens is 3. The molecule has 2 aromatic heterocycles. The Bertz CT molecular complexity index is 830. The van der Waals surface area contributed by atoms with Gasteiger partial charge in [0.1, 0.15) is 5.69 Å². The smallest absolute Gasteiger partial charge is 0.416 e. The molecule has 108 valence electrons. The molecule has 0 aliphatic carbocycles. The summed E-state index contributed by atoms with van der Waals surface area (Å²) in [7, 11) is 0. The number of carbonyl (C=O) groups is 1. The van der Waals surface area contributed by atoms with Gasteiger partial charge in [-0.2, -0.15) is 13.2 Å². The summed E-state index contributed by atoms with van der Waals surface area (Å²) in [5.74, 6) is -1.10. The minimum absolute atomic E-state index is 0.0136. The van der Waals surface area contributed by atoms with Crippen molar-refractivity contribution in [1.82, 2.24) is 9.97 Å². The fourth-order valence-corrected chi connectivity index (χ4v) is 2.13. The second kappa shape index (κ2) is 4.41. The largest absolute Gasteiger partial charge is 0.477 e. The van der Waals surface area contributed by atoms with Crippen LogP contribution in [0.1, 0.15) is 16.1 Å². The number of carboxylic acid groups (broad SMARTS) is 1. The molecule has 21 heavy (non-hydrogen) atoms. The standard InChI is InChI=1S/C14H9F3N2O2/c15-14(16,17)8-1-2-9-7(5-8)6-12(18-9)10-3-4-11(19-10)13(20)21/h1-6,18-19H,(H,20,21). The Morgan fingerprint density at radius 3 is 2.38 bits per heavy atom. The van der Waals surface area contributed by atoms with Gasteiger partial charge in [-0.3, -0.25) is 0 Å². The number of aromatic carboxylic acids is 1. The molecule has 0 bridgehead atoms. The van der Waals surface area contributed by atoms with Gasteiger partial charge in [-0.05, 0) is 36.4 Å². The van der Waals surface area contributed by atoms with E-state index in [0.29, 0.717) is 22.3 Å². The number of rotatable bonds is 2. The summed E-state index contributed by atoms with van der Waals surface area (Å²) >= 11 is 0. The lowest BCUT2D eigenvalue weighted by Gasteiger charge is -2.05. The van der Waals surface area contributed by atoms with Gasteiger partial charge in [-0.15, -0.1) is 0 Å². The highest BCUT2D eigenvalue weighted by atomic mass is 19.4. The van der Waals surface area contributed by atoms with Crippen molar-refractivity contribution in [3.63, 3.8) is 0 Å². The molecule has 3 aromatic rings. The first-order valence-corrected chi connectivity index (χ1v) is 5.97. The fourth-order valence-electron chi connectivity index (χ4n) is 2.13. The normalized spacial score (nSPS) is 12.0. The molecule has 0 aliphatic rings. The van der Waals surface area contributed by atoms with E-state index in [-0.39, 0.29) is 5.69 Å². The first kappa shape index (κ1) is 13.3. The van der Waals surface area contributed by atoms with Crippen molar-refractivity contribution in [3.05, 3.63) is 47.7 Å². The molecule has 4 nitrogen and oxygen atoms in total. The molecule has 2 heterocycles. The van der Waals surface area contributed by atoms with Crippen LogP contribution in [-0.2, 0) is 6.18 Å². The lowest BCUT2D eigenvalue weighted by Crippen LogP contribution is -2.03. The molecule has 0 saturated heterocycles. The maximum absolute atomic E-state index is 12.7. The van der Waals surface area contributed by atoms with Crippen LogP contribution >= 0.6 is 0 Å². The van der Waals surface area contributed by atoms with Crippen LogP contribution in [0.2, 0.25) is 0 Å². The van der Waals surface area contributed by atoms with Crippen molar-refractivity contribution in [3.8, 4) is 11.4 Å². The number of aromatic nitrogens is 2. The number of alkyl halides is 3. The molecular weight excluding hydrogens is 285 g/mol. The van der Waals surface area contributed by atoms with Crippen LogP contribution in [0.4, 0.5) is 13.2 Å². The Balaban J connectivity index is 2.06. The average molecular weight is 294 g/mol. The van der Waals surface area contributed by atoms with Crippen molar-refractivity contribution in [2.24, 2.45) is 0 Å². The predicted octanol–water partition coefficient (Wildman–Crippen LogP) is 3.88.